The van der Waals surface area contributed by atoms with E-state index in [1.807, 2.05) is 12.1 Å². The lowest BCUT2D eigenvalue weighted by atomic mass is 10.0. The molecular formula is C18H29ClN2. The van der Waals surface area contributed by atoms with Gasteiger partial charge in [-0.05, 0) is 62.9 Å². The molecule has 2 nitrogen and oxygen atoms in total. The average Bonchev–Trinajstić information content (AvgIpc) is 2.96. The monoisotopic (exact) mass is 308 g/mol. The largest absolute Gasteiger partial charge is 0.310 e. The lowest BCUT2D eigenvalue weighted by Crippen LogP contribution is -2.33. The third-order valence-electron chi connectivity index (χ3n) is 4.59. The number of rotatable bonds is 8. The van der Waals surface area contributed by atoms with Crippen LogP contribution in [0.3, 0.4) is 0 Å². The summed E-state index contributed by atoms with van der Waals surface area (Å²) in [6, 6.07) is 9.58. The molecule has 0 amide bonds. The highest BCUT2D eigenvalue weighted by Crippen LogP contribution is 2.24. The highest BCUT2D eigenvalue weighted by atomic mass is 35.5. The molecule has 2 unspecified atom stereocenters. The summed E-state index contributed by atoms with van der Waals surface area (Å²) in [5.74, 6) is 0. The maximum Gasteiger partial charge on any atom is 0.0406 e. The number of nitrogens with one attached hydrogen (secondary N) is 1. The predicted octanol–water partition coefficient (Wildman–Crippen LogP) is 4.65. The number of benzene rings is 1. The van der Waals surface area contributed by atoms with Gasteiger partial charge in [0, 0.05) is 23.7 Å². The molecule has 1 aromatic carbocycles. The normalized spacial score (nSPS) is 20.8. The zero-order valence-corrected chi connectivity index (χ0v) is 14.2. The Morgan fingerprint density at radius 2 is 2.05 bits per heavy atom. The molecule has 3 heteroatoms. The van der Waals surface area contributed by atoms with Crippen molar-refractivity contribution in [3.8, 4) is 0 Å². The summed E-state index contributed by atoms with van der Waals surface area (Å²) in [5, 5.41) is 4.51. The SMILES string of the molecule is CCCNC(CCN1CCCC1CC)c1ccc(Cl)cc1. The van der Waals surface area contributed by atoms with Crippen molar-refractivity contribution < 1.29 is 0 Å². The van der Waals surface area contributed by atoms with Crippen LogP contribution >= 0.6 is 11.6 Å². The van der Waals surface area contributed by atoms with Crippen LogP contribution < -0.4 is 5.32 Å². The van der Waals surface area contributed by atoms with Crippen LogP contribution in [0.1, 0.15) is 57.6 Å². The van der Waals surface area contributed by atoms with Crippen molar-refractivity contribution in [3.05, 3.63) is 34.9 Å². The topological polar surface area (TPSA) is 15.3 Å². The quantitative estimate of drug-likeness (QED) is 0.752. The molecule has 1 aliphatic heterocycles. The van der Waals surface area contributed by atoms with Crippen LogP contribution in [0.5, 0.6) is 0 Å². The second-order valence-electron chi connectivity index (χ2n) is 6.09. The first-order chi connectivity index (χ1) is 10.2. The first-order valence-electron chi connectivity index (χ1n) is 8.47. The van der Waals surface area contributed by atoms with E-state index in [1.165, 1.54) is 50.8 Å². The molecule has 2 atom stereocenters. The summed E-state index contributed by atoms with van der Waals surface area (Å²) in [5.41, 5.74) is 1.36. The van der Waals surface area contributed by atoms with Crippen LogP contribution in [0.2, 0.25) is 5.02 Å². The van der Waals surface area contributed by atoms with Gasteiger partial charge in [0.05, 0.1) is 0 Å². The Morgan fingerprint density at radius 3 is 2.71 bits per heavy atom. The molecule has 0 aromatic heterocycles. The molecule has 2 rings (SSSR count). The Morgan fingerprint density at radius 1 is 1.29 bits per heavy atom. The average molecular weight is 309 g/mol. The van der Waals surface area contributed by atoms with E-state index in [4.69, 9.17) is 11.6 Å². The van der Waals surface area contributed by atoms with Gasteiger partial charge in [-0.3, -0.25) is 0 Å². The van der Waals surface area contributed by atoms with E-state index in [2.05, 4.69) is 36.2 Å². The van der Waals surface area contributed by atoms with E-state index >= 15 is 0 Å². The summed E-state index contributed by atoms with van der Waals surface area (Å²) in [6.07, 6.45) is 6.38. The number of nitrogens with zero attached hydrogens (tertiary/aromatic N) is 1. The first kappa shape index (κ1) is 16.8. The molecule has 1 fully saturated rings. The summed E-state index contributed by atoms with van der Waals surface area (Å²) < 4.78 is 0. The minimum absolute atomic E-state index is 0.445. The van der Waals surface area contributed by atoms with Crippen LogP contribution in [0.4, 0.5) is 0 Å². The molecule has 0 aliphatic carbocycles. The van der Waals surface area contributed by atoms with Crippen molar-refractivity contribution in [2.75, 3.05) is 19.6 Å². The number of hydrogen-bond donors (Lipinski definition) is 1. The van der Waals surface area contributed by atoms with Crippen LogP contribution in [-0.2, 0) is 0 Å². The van der Waals surface area contributed by atoms with Gasteiger partial charge in [-0.2, -0.15) is 0 Å². The highest BCUT2D eigenvalue weighted by molar-refractivity contribution is 6.30. The number of likely N-dealkylation sites (tertiary alicyclic amines) is 1. The fourth-order valence-corrected chi connectivity index (χ4v) is 3.47. The smallest absolute Gasteiger partial charge is 0.0406 e. The van der Waals surface area contributed by atoms with Gasteiger partial charge in [-0.25, -0.2) is 0 Å². The molecular weight excluding hydrogens is 280 g/mol. The van der Waals surface area contributed by atoms with Crippen LogP contribution in [0, 0.1) is 0 Å². The molecule has 118 valence electrons. The summed E-state index contributed by atoms with van der Waals surface area (Å²) >= 11 is 6.01. The van der Waals surface area contributed by atoms with Crippen molar-refractivity contribution >= 4 is 11.6 Å². The van der Waals surface area contributed by atoms with Crippen LogP contribution in [0.15, 0.2) is 24.3 Å². The van der Waals surface area contributed by atoms with E-state index in [0.29, 0.717) is 6.04 Å². The molecule has 0 spiro atoms. The Balaban J connectivity index is 1.94. The fourth-order valence-electron chi connectivity index (χ4n) is 3.35. The molecule has 1 saturated heterocycles. The maximum absolute atomic E-state index is 6.01. The zero-order valence-electron chi connectivity index (χ0n) is 13.4. The molecule has 1 aliphatic rings. The lowest BCUT2D eigenvalue weighted by Gasteiger charge is -2.27. The molecule has 1 N–H and O–H groups in total. The fraction of sp³-hybridized carbons (Fsp3) is 0.667. The van der Waals surface area contributed by atoms with Gasteiger partial charge in [0.25, 0.3) is 0 Å². The molecule has 21 heavy (non-hydrogen) atoms. The Bertz CT molecular complexity index is 404. The summed E-state index contributed by atoms with van der Waals surface area (Å²) in [6.45, 7) is 8.08. The molecule has 0 radical (unpaired) electrons. The Labute approximate surface area is 134 Å². The van der Waals surface area contributed by atoms with Crippen LogP contribution in [0.25, 0.3) is 0 Å². The summed E-state index contributed by atoms with van der Waals surface area (Å²) in [4.78, 5) is 2.68. The third kappa shape index (κ3) is 4.98. The lowest BCUT2D eigenvalue weighted by molar-refractivity contribution is 0.234. The molecule has 1 aromatic rings. The van der Waals surface area contributed by atoms with Gasteiger partial charge in [0.15, 0.2) is 0 Å². The van der Waals surface area contributed by atoms with Crippen molar-refractivity contribution in [1.82, 2.24) is 10.2 Å². The van der Waals surface area contributed by atoms with Gasteiger partial charge >= 0.3 is 0 Å². The van der Waals surface area contributed by atoms with E-state index in [0.717, 1.165) is 17.6 Å². The second-order valence-corrected chi connectivity index (χ2v) is 6.52. The zero-order chi connectivity index (χ0) is 15.1. The van der Waals surface area contributed by atoms with Gasteiger partial charge in [-0.15, -0.1) is 0 Å². The van der Waals surface area contributed by atoms with Crippen molar-refractivity contribution in [3.63, 3.8) is 0 Å². The van der Waals surface area contributed by atoms with E-state index in [9.17, 15) is 0 Å². The van der Waals surface area contributed by atoms with E-state index in [-0.39, 0.29) is 0 Å². The molecule has 0 saturated carbocycles. The van der Waals surface area contributed by atoms with Gasteiger partial charge in [0.1, 0.15) is 0 Å². The maximum atomic E-state index is 6.01. The first-order valence-corrected chi connectivity index (χ1v) is 8.85. The minimum atomic E-state index is 0.445. The number of hydrogen-bond acceptors (Lipinski definition) is 2. The third-order valence-corrected chi connectivity index (χ3v) is 4.84. The molecule has 1 heterocycles. The Hall–Kier alpha value is -0.570. The minimum Gasteiger partial charge on any atom is -0.310 e. The van der Waals surface area contributed by atoms with Gasteiger partial charge in [-0.1, -0.05) is 37.6 Å². The van der Waals surface area contributed by atoms with Crippen molar-refractivity contribution in [1.29, 1.82) is 0 Å². The number of halogens is 1. The van der Waals surface area contributed by atoms with Gasteiger partial charge in [0.2, 0.25) is 0 Å². The van der Waals surface area contributed by atoms with E-state index < -0.39 is 0 Å². The van der Waals surface area contributed by atoms with Crippen molar-refractivity contribution in [2.45, 2.75) is 58.0 Å². The van der Waals surface area contributed by atoms with Crippen molar-refractivity contribution in [2.24, 2.45) is 0 Å². The van der Waals surface area contributed by atoms with E-state index in [1.54, 1.807) is 0 Å². The molecule has 0 bridgehead atoms. The standard InChI is InChI=1S/C18H29ClN2/c1-3-12-20-18(15-7-9-16(19)10-8-15)11-14-21-13-5-6-17(21)4-2/h7-10,17-18,20H,3-6,11-14H2,1-2H3. The summed E-state index contributed by atoms with van der Waals surface area (Å²) in [7, 11) is 0. The highest BCUT2D eigenvalue weighted by Gasteiger charge is 2.23. The predicted molar refractivity (Wildman–Crippen MR) is 92.0 cm³/mol. The Kier molecular flexibility index (Phi) is 7.01. The van der Waals surface area contributed by atoms with Crippen LogP contribution in [-0.4, -0.2) is 30.6 Å². The second kappa shape index (κ2) is 8.77. The van der Waals surface area contributed by atoms with Gasteiger partial charge < -0.3 is 10.2 Å².